The summed E-state index contributed by atoms with van der Waals surface area (Å²) in [5.41, 5.74) is 1.70. The van der Waals surface area contributed by atoms with E-state index < -0.39 is 7.44 Å². The molecule has 0 unspecified atom stereocenters. The van der Waals surface area contributed by atoms with Crippen LogP contribution < -0.4 is 10.2 Å². The Morgan fingerprint density at radius 2 is 0.815 bits per heavy atom. The van der Waals surface area contributed by atoms with Crippen molar-refractivity contribution in [3.8, 4) is 0 Å². The second-order valence-electron chi connectivity index (χ2n) is 6.23. The summed E-state index contributed by atoms with van der Waals surface area (Å²) < 4.78 is 12.3. The fourth-order valence-corrected chi connectivity index (χ4v) is 4.02. The Hall–Kier alpha value is -3.03. The molecule has 0 fully saturated rings. The van der Waals surface area contributed by atoms with Crippen LogP contribution in [0, 0.1) is 0 Å². The van der Waals surface area contributed by atoms with Gasteiger partial charge in [0.2, 0.25) is 0 Å². The van der Waals surface area contributed by atoms with Gasteiger partial charge in [-0.25, -0.2) is 0 Å². The molecule has 0 aromatic heterocycles. The molecule has 27 heavy (non-hydrogen) atoms. The Balaban J connectivity index is 0.000000177. The van der Waals surface area contributed by atoms with Crippen LogP contribution in [0.4, 0.5) is 11.4 Å². The average Bonchev–Trinajstić information content (AvgIpc) is 2.69. The minimum atomic E-state index is -2.64. The SMILES string of the molecule is CP(=O)(Nc1ccccc1)Nc1ccccc1.c1ccc2ccccc2c1. The minimum Gasteiger partial charge on any atom is -0.321 e. The maximum Gasteiger partial charge on any atom is 0.254 e. The van der Waals surface area contributed by atoms with Crippen LogP contribution in [0.15, 0.2) is 109 Å². The van der Waals surface area contributed by atoms with E-state index in [9.17, 15) is 4.57 Å². The lowest BCUT2D eigenvalue weighted by atomic mass is 10.1. The number of anilines is 2. The number of fused-ring (bicyclic) bond motifs is 1. The molecule has 0 amide bonds. The first-order valence-corrected chi connectivity index (χ1v) is 11.0. The smallest absolute Gasteiger partial charge is 0.254 e. The lowest BCUT2D eigenvalue weighted by Gasteiger charge is -2.18. The van der Waals surface area contributed by atoms with Gasteiger partial charge in [-0.2, -0.15) is 0 Å². The molecular weight excluding hydrogens is 351 g/mol. The molecule has 4 rings (SSSR count). The Kier molecular flexibility index (Phi) is 6.30. The van der Waals surface area contributed by atoms with Crippen molar-refractivity contribution in [1.82, 2.24) is 0 Å². The minimum absolute atomic E-state index is 0.849. The van der Waals surface area contributed by atoms with Gasteiger partial charge in [-0.1, -0.05) is 84.9 Å². The molecule has 4 aromatic carbocycles. The molecule has 4 heteroatoms. The fourth-order valence-electron chi connectivity index (χ4n) is 2.68. The van der Waals surface area contributed by atoms with Crippen molar-refractivity contribution < 1.29 is 4.57 Å². The normalized spacial score (nSPS) is 10.6. The Labute approximate surface area is 160 Å². The molecular formula is C23H23N2OP. The van der Waals surface area contributed by atoms with Crippen LogP contribution >= 0.6 is 7.44 Å². The summed E-state index contributed by atoms with van der Waals surface area (Å²) in [7, 11) is -2.64. The average molecular weight is 374 g/mol. The maximum atomic E-state index is 12.3. The number of nitrogens with one attached hydrogen (secondary N) is 2. The fraction of sp³-hybridized carbons (Fsp3) is 0.0435. The van der Waals surface area contributed by atoms with E-state index in [-0.39, 0.29) is 0 Å². The molecule has 0 aliphatic rings. The first kappa shape index (κ1) is 18.8. The van der Waals surface area contributed by atoms with E-state index in [2.05, 4.69) is 58.7 Å². The highest BCUT2D eigenvalue weighted by atomic mass is 31.2. The summed E-state index contributed by atoms with van der Waals surface area (Å²) >= 11 is 0. The highest BCUT2D eigenvalue weighted by Gasteiger charge is 2.13. The van der Waals surface area contributed by atoms with E-state index >= 15 is 0 Å². The number of para-hydroxylation sites is 2. The zero-order valence-electron chi connectivity index (χ0n) is 15.2. The summed E-state index contributed by atoms with van der Waals surface area (Å²) in [6, 6.07) is 35.8. The van der Waals surface area contributed by atoms with Gasteiger partial charge in [-0.05, 0) is 35.0 Å². The Bertz CT molecular complexity index is 909. The Morgan fingerprint density at radius 3 is 1.15 bits per heavy atom. The topological polar surface area (TPSA) is 41.1 Å². The van der Waals surface area contributed by atoms with Crippen molar-refractivity contribution in [1.29, 1.82) is 0 Å². The molecule has 0 atom stereocenters. The number of hydrogen-bond acceptors (Lipinski definition) is 1. The first-order chi connectivity index (χ1) is 13.1. The quantitative estimate of drug-likeness (QED) is 0.383. The largest absolute Gasteiger partial charge is 0.321 e. The molecule has 0 aliphatic carbocycles. The predicted octanol–water partition coefficient (Wildman–Crippen LogP) is 6.87. The molecule has 0 radical (unpaired) electrons. The molecule has 2 N–H and O–H groups in total. The lowest BCUT2D eigenvalue weighted by Crippen LogP contribution is -2.04. The van der Waals surface area contributed by atoms with Crippen LogP contribution in [-0.2, 0) is 4.57 Å². The van der Waals surface area contributed by atoms with E-state index in [0.29, 0.717) is 0 Å². The predicted molar refractivity (Wildman–Crippen MR) is 118 cm³/mol. The third kappa shape index (κ3) is 6.02. The van der Waals surface area contributed by atoms with Gasteiger partial charge in [0.15, 0.2) is 0 Å². The number of benzene rings is 4. The second kappa shape index (κ2) is 9.07. The van der Waals surface area contributed by atoms with Crippen molar-refractivity contribution in [2.45, 2.75) is 0 Å². The van der Waals surface area contributed by atoms with Crippen molar-refractivity contribution >= 4 is 29.6 Å². The zero-order chi connectivity index (χ0) is 19.0. The second-order valence-corrected chi connectivity index (χ2v) is 8.52. The zero-order valence-corrected chi connectivity index (χ0v) is 16.1. The number of rotatable bonds is 4. The van der Waals surface area contributed by atoms with E-state index in [0.717, 1.165) is 11.4 Å². The van der Waals surface area contributed by atoms with Gasteiger partial charge in [-0.15, -0.1) is 0 Å². The van der Waals surface area contributed by atoms with Gasteiger partial charge in [0.1, 0.15) is 0 Å². The monoisotopic (exact) mass is 374 g/mol. The molecule has 0 spiro atoms. The summed E-state index contributed by atoms with van der Waals surface area (Å²) in [5.74, 6) is 0. The highest BCUT2D eigenvalue weighted by molar-refractivity contribution is 7.66. The third-order valence-corrected chi connectivity index (χ3v) is 5.26. The molecule has 3 nitrogen and oxygen atoms in total. The van der Waals surface area contributed by atoms with Crippen LogP contribution in [-0.4, -0.2) is 6.66 Å². The van der Waals surface area contributed by atoms with Crippen molar-refractivity contribution in [2.24, 2.45) is 0 Å². The molecule has 136 valence electrons. The molecule has 0 saturated carbocycles. The van der Waals surface area contributed by atoms with E-state index in [1.54, 1.807) is 6.66 Å². The molecule has 0 saturated heterocycles. The lowest BCUT2D eigenvalue weighted by molar-refractivity contribution is 0.585. The van der Waals surface area contributed by atoms with E-state index in [4.69, 9.17) is 0 Å². The van der Waals surface area contributed by atoms with Crippen molar-refractivity contribution in [3.63, 3.8) is 0 Å². The van der Waals surface area contributed by atoms with Gasteiger partial charge in [-0.3, -0.25) is 4.57 Å². The first-order valence-electron chi connectivity index (χ1n) is 8.80. The molecule has 0 bridgehead atoms. The van der Waals surface area contributed by atoms with Crippen molar-refractivity contribution in [2.75, 3.05) is 16.8 Å². The number of hydrogen-bond donors (Lipinski definition) is 2. The van der Waals surface area contributed by atoms with Gasteiger partial charge in [0, 0.05) is 18.0 Å². The van der Waals surface area contributed by atoms with E-state index in [1.807, 2.05) is 60.7 Å². The summed E-state index contributed by atoms with van der Waals surface area (Å²) in [6.45, 7) is 1.67. The standard InChI is InChI=1S/C13H15N2OP.C10H8/c1-17(16,14-12-8-4-2-5-9-12)15-13-10-6-3-7-11-13;1-2-6-10-8-4-3-7-9(10)5-1/h2-11H,1H3,(H2,14,15,16);1-8H. The van der Waals surface area contributed by atoms with Crippen molar-refractivity contribution in [3.05, 3.63) is 109 Å². The maximum absolute atomic E-state index is 12.3. The van der Waals surface area contributed by atoms with Gasteiger partial charge >= 0.3 is 0 Å². The molecule has 0 heterocycles. The van der Waals surface area contributed by atoms with Gasteiger partial charge in [0.05, 0.1) is 0 Å². The summed E-state index contributed by atoms with van der Waals surface area (Å²) in [5, 5.41) is 8.64. The van der Waals surface area contributed by atoms with Gasteiger partial charge in [0.25, 0.3) is 7.44 Å². The third-order valence-electron chi connectivity index (χ3n) is 3.89. The van der Waals surface area contributed by atoms with E-state index in [1.165, 1.54) is 10.8 Å². The summed E-state index contributed by atoms with van der Waals surface area (Å²) in [6.07, 6.45) is 0. The van der Waals surface area contributed by atoms with Crippen LogP contribution in [0.5, 0.6) is 0 Å². The highest BCUT2D eigenvalue weighted by Crippen LogP contribution is 2.41. The van der Waals surface area contributed by atoms with Crippen LogP contribution in [0.25, 0.3) is 10.8 Å². The Morgan fingerprint density at radius 1 is 0.519 bits per heavy atom. The summed E-state index contributed by atoms with van der Waals surface area (Å²) in [4.78, 5) is 0. The van der Waals surface area contributed by atoms with Crippen LogP contribution in [0.3, 0.4) is 0 Å². The molecule has 0 aliphatic heterocycles. The van der Waals surface area contributed by atoms with Gasteiger partial charge < -0.3 is 10.2 Å². The van der Waals surface area contributed by atoms with Crippen LogP contribution in [0.1, 0.15) is 0 Å². The van der Waals surface area contributed by atoms with Crippen LogP contribution in [0.2, 0.25) is 0 Å². The molecule has 4 aromatic rings.